The van der Waals surface area contributed by atoms with Crippen LogP contribution < -0.4 is 4.90 Å². The summed E-state index contributed by atoms with van der Waals surface area (Å²) in [6, 6.07) is 4.58. The van der Waals surface area contributed by atoms with Crippen molar-refractivity contribution in [3.05, 3.63) is 23.8 Å². The molecule has 0 saturated carbocycles. The summed E-state index contributed by atoms with van der Waals surface area (Å²) in [5.74, 6) is -2.10. The molecule has 8 nitrogen and oxygen atoms in total. The first-order valence-electron chi connectivity index (χ1n) is 8.85. The van der Waals surface area contributed by atoms with Crippen LogP contribution in [0.2, 0.25) is 0 Å². The summed E-state index contributed by atoms with van der Waals surface area (Å²) in [6.45, 7) is 3.17. The zero-order valence-corrected chi connectivity index (χ0v) is 17.0. The van der Waals surface area contributed by atoms with Crippen LogP contribution in [0, 0.1) is 5.92 Å². The van der Waals surface area contributed by atoms with E-state index >= 15 is 0 Å². The molecule has 9 heteroatoms. The maximum Gasteiger partial charge on any atom is 0.308 e. The summed E-state index contributed by atoms with van der Waals surface area (Å²) in [7, 11) is 0.718. The van der Waals surface area contributed by atoms with Crippen LogP contribution in [0.1, 0.15) is 30.1 Å². The molecule has 1 aliphatic rings. The third kappa shape index (κ3) is 4.59. The molecule has 1 amide bonds. The number of carboxylic acid groups (broad SMARTS) is 1. The SMILES string of the molecule is CC(CN(C)C(=O)c1cc(S(=O)(=O)N(C)C)ccc1N1CCCC1)C(=O)O. The molecule has 1 fully saturated rings. The number of hydrogen-bond acceptors (Lipinski definition) is 5. The number of carboxylic acids is 1. The molecule has 1 aromatic rings. The first-order chi connectivity index (χ1) is 12.6. The van der Waals surface area contributed by atoms with E-state index in [4.69, 9.17) is 5.11 Å². The number of rotatable bonds is 7. The van der Waals surface area contributed by atoms with Gasteiger partial charge in [0.1, 0.15) is 0 Å². The zero-order valence-electron chi connectivity index (χ0n) is 16.2. The molecule has 0 bridgehead atoms. The van der Waals surface area contributed by atoms with E-state index in [1.807, 2.05) is 0 Å². The highest BCUT2D eigenvalue weighted by molar-refractivity contribution is 7.89. The lowest BCUT2D eigenvalue weighted by molar-refractivity contribution is -0.141. The van der Waals surface area contributed by atoms with E-state index < -0.39 is 21.9 Å². The van der Waals surface area contributed by atoms with Gasteiger partial charge < -0.3 is 14.9 Å². The summed E-state index contributed by atoms with van der Waals surface area (Å²) < 4.78 is 26.1. The van der Waals surface area contributed by atoms with Gasteiger partial charge in [-0.3, -0.25) is 9.59 Å². The van der Waals surface area contributed by atoms with Crippen LogP contribution in [0.4, 0.5) is 5.69 Å². The molecular weight excluding hydrogens is 370 g/mol. The van der Waals surface area contributed by atoms with Crippen molar-refractivity contribution in [2.24, 2.45) is 5.92 Å². The number of sulfonamides is 1. The van der Waals surface area contributed by atoms with Crippen LogP contribution in [-0.2, 0) is 14.8 Å². The summed E-state index contributed by atoms with van der Waals surface area (Å²) in [5.41, 5.74) is 0.963. The third-order valence-electron chi connectivity index (χ3n) is 4.74. The number of benzene rings is 1. The molecule has 27 heavy (non-hydrogen) atoms. The molecular formula is C18H27N3O5S. The fraction of sp³-hybridized carbons (Fsp3) is 0.556. The Bertz CT molecular complexity index is 816. The Morgan fingerprint density at radius 2 is 1.78 bits per heavy atom. The number of amides is 1. The quantitative estimate of drug-likeness (QED) is 0.745. The highest BCUT2D eigenvalue weighted by atomic mass is 32.2. The molecule has 1 saturated heterocycles. The molecule has 0 spiro atoms. The van der Waals surface area contributed by atoms with Crippen molar-refractivity contribution in [2.75, 3.05) is 45.7 Å². The largest absolute Gasteiger partial charge is 0.481 e. The predicted octanol–water partition coefficient (Wildman–Crippen LogP) is 1.33. The number of nitrogens with zero attached hydrogens (tertiary/aromatic N) is 3. The van der Waals surface area contributed by atoms with Crippen LogP contribution >= 0.6 is 0 Å². The van der Waals surface area contributed by atoms with Crippen LogP contribution in [0.25, 0.3) is 0 Å². The van der Waals surface area contributed by atoms with E-state index in [1.165, 1.54) is 45.1 Å². The van der Waals surface area contributed by atoms with E-state index in [-0.39, 0.29) is 22.9 Å². The van der Waals surface area contributed by atoms with Gasteiger partial charge in [-0.05, 0) is 31.0 Å². The van der Waals surface area contributed by atoms with Gasteiger partial charge in [-0.15, -0.1) is 0 Å². The molecule has 0 aromatic heterocycles. The Morgan fingerprint density at radius 1 is 1.19 bits per heavy atom. The number of carbonyl (C=O) groups excluding carboxylic acids is 1. The first-order valence-corrected chi connectivity index (χ1v) is 10.3. The predicted molar refractivity (Wildman–Crippen MR) is 103 cm³/mol. The fourth-order valence-corrected chi connectivity index (χ4v) is 4.00. The van der Waals surface area contributed by atoms with E-state index in [0.717, 1.165) is 30.2 Å². The van der Waals surface area contributed by atoms with Crippen LogP contribution in [0.5, 0.6) is 0 Å². The average molecular weight is 397 g/mol. The van der Waals surface area contributed by atoms with Gasteiger partial charge in [-0.25, -0.2) is 12.7 Å². The normalized spacial score (nSPS) is 15.8. The summed E-state index contributed by atoms with van der Waals surface area (Å²) >= 11 is 0. The van der Waals surface area contributed by atoms with E-state index in [9.17, 15) is 18.0 Å². The summed E-state index contributed by atoms with van der Waals surface area (Å²) in [6.07, 6.45) is 2.02. The number of hydrogen-bond donors (Lipinski definition) is 1. The molecule has 1 aliphatic heterocycles. The fourth-order valence-electron chi connectivity index (χ4n) is 3.07. The molecule has 0 radical (unpaired) electrons. The Kier molecular flexibility index (Phi) is 6.48. The minimum atomic E-state index is -3.69. The van der Waals surface area contributed by atoms with Gasteiger partial charge in [-0.2, -0.15) is 0 Å². The van der Waals surface area contributed by atoms with Gasteiger partial charge in [0.05, 0.1) is 16.4 Å². The smallest absolute Gasteiger partial charge is 0.308 e. The van der Waals surface area contributed by atoms with Gasteiger partial charge in [0, 0.05) is 46.5 Å². The van der Waals surface area contributed by atoms with Crippen molar-refractivity contribution < 1.29 is 23.1 Å². The van der Waals surface area contributed by atoms with E-state index in [1.54, 1.807) is 6.07 Å². The topological polar surface area (TPSA) is 98.2 Å². The third-order valence-corrected chi connectivity index (χ3v) is 6.55. The second-order valence-corrected chi connectivity index (χ2v) is 9.24. The Labute approximate surface area is 160 Å². The highest BCUT2D eigenvalue weighted by Crippen LogP contribution is 2.29. The first kappa shape index (κ1) is 21.2. The van der Waals surface area contributed by atoms with E-state index in [2.05, 4.69) is 4.90 Å². The molecule has 1 N–H and O–H groups in total. The minimum absolute atomic E-state index is 0.0399. The van der Waals surface area contributed by atoms with Crippen molar-refractivity contribution in [3.63, 3.8) is 0 Å². The molecule has 1 atom stereocenters. The lowest BCUT2D eigenvalue weighted by Crippen LogP contribution is -2.35. The second-order valence-electron chi connectivity index (χ2n) is 7.09. The lowest BCUT2D eigenvalue weighted by Gasteiger charge is -2.25. The monoisotopic (exact) mass is 397 g/mol. The molecule has 150 valence electrons. The van der Waals surface area contributed by atoms with Gasteiger partial charge in [0.2, 0.25) is 10.0 Å². The van der Waals surface area contributed by atoms with Crippen molar-refractivity contribution in [1.29, 1.82) is 0 Å². The number of aliphatic carboxylic acids is 1. The molecule has 2 rings (SSSR count). The van der Waals surface area contributed by atoms with Gasteiger partial charge in [-0.1, -0.05) is 6.92 Å². The van der Waals surface area contributed by atoms with Crippen molar-refractivity contribution in [2.45, 2.75) is 24.7 Å². The van der Waals surface area contributed by atoms with Crippen molar-refractivity contribution in [3.8, 4) is 0 Å². The standard InChI is InChI=1S/C18H27N3O5S/c1-13(18(23)24)12-20(4)17(22)15-11-14(27(25,26)19(2)3)7-8-16(15)21-9-5-6-10-21/h7-8,11,13H,5-6,9-10,12H2,1-4H3,(H,23,24). The Morgan fingerprint density at radius 3 is 2.30 bits per heavy atom. The number of carbonyl (C=O) groups is 2. The van der Waals surface area contributed by atoms with Crippen LogP contribution in [-0.4, -0.2) is 75.4 Å². The molecule has 1 aromatic carbocycles. The van der Waals surface area contributed by atoms with E-state index in [0.29, 0.717) is 5.69 Å². The minimum Gasteiger partial charge on any atom is -0.481 e. The molecule has 1 heterocycles. The zero-order chi connectivity index (χ0) is 20.4. The maximum absolute atomic E-state index is 13.0. The Balaban J connectivity index is 2.46. The second kappa shape index (κ2) is 8.26. The van der Waals surface area contributed by atoms with Crippen LogP contribution in [0.15, 0.2) is 23.1 Å². The van der Waals surface area contributed by atoms with Gasteiger partial charge >= 0.3 is 5.97 Å². The average Bonchev–Trinajstić information content (AvgIpc) is 3.14. The molecule has 1 unspecified atom stereocenters. The lowest BCUT2D eigenvalue weighted by atomic mass is 10.1. The van der Waals surface area contributed by atoms with Crippen molar-refractivity contribution >= 4 is 27.6 Å². The maximum atomic E-state index is 13.0. The summed E-state index contributed by atoms with van der Waals surface area (Å²) in [5, 5.41) is 9.09. The number of anilines is 1. The Hall–Kier alpha value is -2.13. The summed E-state index contributed by atoms with van der Waals surface area (Å²) in [4.78, 5) is 27.6. The highest BCUT2D eigenvalue weighted by Gasteiger charge is 2.27. The van der Waals surface area contributed by atoms with Crippen molar-refractivity contribution in [1.82, 2.24) is 9.21 Å². The van der Waals surface area contributed by atoms with Crippen LogP contribution in [0.3, 0.4) is 0 Å². The van der Waals surface area contributed by atoms with Gasteiger partial charge in [0.15, 0.2) is 0 Å². The molecule has 0 aliphatic carbocycles. The van der Waals surface area contributed by atoms with Gasteiger partial charge in [0.25, 0.3) is 5.91 Å².